The SMILES string of the molecule is N=C(N)Cc1ccc2[nH]c(=O)[nH]c2c1. The van der Waals surface area contributed by atoms with Crippen LogP contribution in [0.3, 0.4) is 0 Å². The number of hydrogen-bond acceptors (Lipinski definition) is 2. The minimum absolute atomic E-state index is 0.113. The number of nitrogens with two attached hydrogens (primary N) is 1. The molecule has 0 saturated carbocycles. The lowest BCUT2D eigenvalue weighted by Gasteiger charge is -1.98. The molecule has 0 bridgehead atoms. The van der Waals surface area contributed by atoms with Crippen LogP contribution >= 0.6 is 0 Å². The second-order valence-corrected chi connectivity index (χ2v) is 3.16. The average molecular weight is 190 g/mol. The Morgan fingerprint density at radius 2 is 2.07 bits per heavy atom. The van der Waals surface area contributed by atoms with E-state index in [4.69, 9.17) is 11.1 Å². The Balaban J connectivity index is 2.50. The van der Waals surface area contributed by atoms with Crippen LogP contribution in [0.4, 0.5) is 0 Å². The van der Waals surface area contributed by atoms with Crippen LogP contribution in [0.25, 0.3) is 11.0 Å². The molecule has 0 radical (unpaired) electrons. The molecule has 0 spiro atoms. The number of hydrogen-bond donors (Lipinski definition) is 4. The summed E-state index contributed by atoms with van der Waals surface area (Å²) in [7, 11) is 0. The van der Waals surface area contributed by atoms with E-state index in [2.05, 4.69) is 9.97 Å². The molecule has 5 N–H and O–H groups in total. The van der Waals surface area contributed by atoms with Crippen molar-refractivity contribution < 1.29 is 0 Å². The maximum Gasteiger partial charge on any atom is 0.323 e. The fourth-order valence-corrected chi connectivity index (χ4v) is 1.41. The van der Waals surface area contributed by atoms with E-state index in [9.17, 15) is 4.79 Å². The fraction of sp³-hybridized carbons (Fsp3) is 0.111. The zero-order valence-electron chi connectivity index (χ0n) is 7.42. The highest BCUT2D eigenvalue weighted by molar-refractivity contribution is 5.82. The van der Waals surface area contributed by atoms with Crippen molar-refractivity contribution in [2.24, 2.45) is 5.73 Å². The summed E-state index contributed by atoms with van der Waals surface area (Å²) in [6, 6.07) is 5.45. The van der Waals surface area contributed by atoms with E-state index in [0.717, 1.165) is 16.6 Å². The number of benzene rings is 1. The Hall–Kier alpha value is -2.04. The Morgan fingerprint density at radius 3 is 2.79 bits per heavy atom. The van der Waals surface area contributed by atoms with Gasteiger partial charge in [0.05, 0.1) is 16.9 Å². The van der Waals surface area contributed by atoms with Gasteiger partial charge in [0.25, 0.3) is 0 Å². The van der Waals surface area contributed by atoms with Gasteiger partial charge in [-0.25, -0.2) is 4.79 Å². The highest BCUT2D eigenvalue weighted by atomic mass is 16.1. The molecule has 1 aromatic carbocycles. The minimum Gasteiger partial charge on any atom is -0.387 e. The second-order valence-electron chi connectivity index (χ2n) is 3.16. The lowest BCUT2D eigenvalue weighted by atomic mass is 10.1. The van der Waals surface area contributed by atoms with Crippen molar-refractivity contribution in [2.45, 2.75) is 6.42 Å². The number of imidazole rings is 1. The van der Waals surface area contributed by atoms with Gasteiger partial charge in [-0.15, -0.1) is 0 Å². The molecule has 5 nitrogen and oxygen atoms in total. The van der Waals surface area contributed by atoms with Gasteiger partial charge in [0, 0.05) is 6.42 Å². The van der Waals surface area contributed by atoms with Crippen LogP contribution in [0.5, 0.6) is 0 Å². The molecule has 0 unspecified atom stereocenters. The molecule has 2 rings (SSSR count). The summed E-state index contributed by atoms with van der Waals surface area (Å²) < 4.78 is 0. The van der Waals surface area contributed by atoms with E-state index in [-0.39, 0.29) is 11.5 Å². The van der Waals surface area contributed by atoms with Gasteiger partial charge >= 0.3 is 5.69 Å². The van der Waals surface area contributed by atoms with Crippen LogP contribution < -0.4 is 11.4 Å². The van der Waals surface area contributed by atoms with Gasteiger partial charge < -0.3 is 15.7 Å². The molecular formula is C9H10N4O. The molecule has 0 aliphatic heterocycles. The van der Waals surface area contributed by atoms with Gasteiger partial charge in [-0.1, -0.05) is 6.07 Å². The normalized spacial score (nSPS) is 10.6. The van der Waals surface area contributed by atoms with Crippen LogP contribution in [0, 0.1) is 5.41 Å². The molecule has 5 heteroatoms. The summed E-state index contributed by atoms with van der Waals surface area (Å²) in [6.07, 6.45) is 0.406. The van der Waals surface area contributed by atoms with Crippen molar-refractivity contribution in [1.82, 2.24) is 9.97 Å². The number of nitrogens with one attached hydrogen (secondary N) is 3. The van der Waals surface area contributed by atoms with Gasteiger partial charge in [-0.05, 0) is 17.7 Å². The lowest BCUT2D eigenvalue weighted by molar-refractivity contribution is 1.21. The van der Waals surface area contributed by atoms with Crippen molar-refractivity contribution in [3.05, 3.63) is 34.2 Å². The summed E-state index contributed by atoms with van der Waals surface area (Å²) in [5.74, 6) is 0.113. The van der Waals surface area contributed by atoms with Crippen LogP contribution in [-0.2, 0) is 6.42 Å². The van der Waals surface area contributed by atoms with Gasteiger partial charge in [0.1, 0.15) is 0 Å². The number of rotatable bonds is 2. The molecule has 0 fully saturated rings. The number of aromatic amines is 2. The smallest absolute Gasteiger partial charge is 0.323 e. The van der Waals surface area contributed by atoms with E-state index in [0.29, 0.717) is 6.42 Å². The maximum atomic E-state index is 10.9. The fourth-order valence-electron chi connectivity index (χ4n) is 1.41. The predicted octanol–water partition coefficient (Wildman–Crippen LogP) is 0.335. The first-order valence-electron chi connectivity index (χ1n) is 4.19. The summed E-state index contributed by atoms with van der Waals surface area (Å²) in [5.41, 5.74) is 7.48. The molecule has 0 amide bonds. The lowest BCUT2D eigenvalue weighted by Crippen LogP contribution is -2.12. The molecule has 1 heterocycles. The van der Waals surface area contributed by atoms with Crippen molar-refractivity contribution in [1.29, 1.82) is 5.41 Å². The van der Waals surface area contributed by atoms with Crippen LogP contribution in [0.2, 0.25) is 0 Å². The van der Waals surface area contributed by atoms with Crippen molar-refractivity contribution >= 4 is 16.9 Å². The first kappa shape index (κ1) is 8.55. The molecule has 0 aliphatic carbocycles. The molecule has 0 atom stereocenters. The number of H-pyrrole nitrogens is 2. The summed E-state index contributed by atoms with van der Waals surface area (Å²) in [4.78, 5) is 16.2. The van der Waals surface area contributed by atoms with E-state index in [1.165, 1.54) is 0 Å². The van der Waals surface area contributed by atoms with Crippen molar-refractivity contribution in [3.63, 3.8) is 0 Å². The third kappa shape index (κ3) is 1.52. The third-order valence-electron chi connectivity index (χ3n) is 1.97. The Bertz CT molecular complexity index is 537. The average Bonchev–Trinajstić information content (AvgIpc) is 2.42. The standard InChI is InChI=1S/C9H10N4O/c10-8(11)4-5-1-2-6-7(3-5)13-9(14)12-6/h1-3H,4H2,(H3,10,11)(H2,12,13,14). The van der Waals surface area contributed by atoms with Gasteiger partial charge in [0.2, 0.25) is 0 Å². The zero-order chi connectivity index (χ0) is 10.1. The summed E-state index contributed by atoms with van der Waals surface area (Å²) in [6.45, 7) is 0. The first-order valence-corrected chi connectivity index (χ1v) is 4.19. The Kier molecular flexibility index (Phi) is 1.85. The second kappa shape index (κ2) is 3.02. The van der Waals surface area contributed by atoms with Gasteiger partial charge in [-0.3, -0.25) is 5.41 Å². The highest BCUT2D eigenvalue weighted by Crippen LogP contribution is 2.10. The highest BCUT2D eigenvalue weighted by Gasteiger charge is 2.00. The maximum absolute atomic E-state index is 10.9. The Morgan fingerprint density at radius 1 is 1.36 bits per heavy atom. The van der Waals surface area contributed by atoms with E-state index < -0.39 is 0 Å². The predicted molar refractivity (Wildman–Crippen MR) is 54.5 cm³/mol. The van der Waals surface area contributed by atoms with E-state index >= 15 is 0 Å². The van der Waals surface area contributed by atoms with Crippen molar-refractivity contribution in [3.8, 4) is 0 Å². The van der Waals surface area contributed by atoms with E-state index in [1.807, 2.05) is 12.1 Å². The third-order valence-corrected chi connectivity index (χ3v) is 1.97. The van der Waals surface area contributed by atoms with Crippen LogP contribution in [0.15, 0.2) is 23.0 Å². The summed E-state index contributed by atoms with van der Waals surface area (Å²) in [5, 5.41) is 7.14. The molecule has 0 aliphatic rings. The molecule has 0 saturated heterocycles. The number of aromatic nitrogens is 2. The zero-order valence-corrected chi connectivity index (χ0v) is 7.42. The molecule has 14 heavy (non-hydrogen) atoms. The quantitative estimate of drug-likeness (QED) is 0.405. The van der Waals surface area contributed by atoms with Crippen LogP contribution in [-0.4, -0.2) is 15.8 Å². The Labute approximate surface area is 79.5 Å². The van der Waals surface area contributed by atoms with E-state index in [1.54, 1.807) is 6.07 Å². The molecular weight excluding hydrogens is 180 g/mol. The number of amidine groups is 1. The van der Waals surface area contributed by atoms with Gasteiger partial charge in [0.15, 0.2) is 0 Å². The molecule has 1 aromatic heterocycles. The summed E-state index contributed by atoms with van der Waals surface area (Å²) >= 11 is 0. The largest absolute Gasteiger partial charge is 0.387 e. The topological polar surface area (TPSA) is 98.5 Å². The number of fused-ring (bicyclic) bond motifs is 1. The molecule has 2 aromatic rings. The molecule has 72 valence electrons. The first-order chi connectivity index (χ1) is 6.65. The minimum atomic E-state index is -0.222. The van der Waals surface area contributed by atoms with Gasteiger partial charge in [-0.2, -0.15) is 0 Å². The van der Waals surface area contributed by atoms with Crippen LogP contribution in [0.1, 0.15) is 5.56 Å². The monoisotopic (exact) mass is 190 g/mol. The van der Waals surface area contributed by atoms with Crippen molar-refractivity contribution in [2.75, 3.05) is 0 Å².